The summed E-state index contributed by atoms with van der Waals surface area (Å²) in [7, 11) is 0. The van der Waals surface area contributed by atoms with Crippen LogP contribution < -0.4 is 5.73 Å². The van der Waals surface area contributed by atoms with Gasteiger partial charge in [0.05, 0.1) is 12.2 Å². The molecule has 3 unspecified atom stereocenters. The predicted molar refractivity (Wildman–Crippen MR) is 46.7 cm³/mol. The molecule has 1 rings (SSSR count). The van der Waals surface area contributed by atoms with Crippen LogP contribution in [0.1, 0.15) is 6.92 Å². The van der Waals surface area contributed by atoms with Gasteiger partial charge in [0.15, 0.2) is 0 Å². The summed E-state index contributed by atoms with van der Waals surface area (Å²) < 4.78 is 0. The lowest BCUT2D eigenvalue weighted by molar-refractivity contribution is 0.0572. The lowest BCUT2D eigenvalue weighted by Gasteiger charge is -2.18. The predicted octanol–water partition coefficient (Wildman–Crippen LogP) is -1.38. The highest BCUT2D eigenvalue weighted by atomic mass is 16.3. The second kappa shape index (κ2) is 4.18. The van der Waals surface area contributed by atoms with Crippen molar-refractivity contribution < 1.29 is 10.2 Å². The summed E-state index contributed by atoms with van der Waals surface area (Å²) in [4.78, 5) is 2.05. The Morgan fingerprint density at radius 3 is 2.33 bits per heavy atom. The standard InChI is InChI=1S/C8H18N2O2/c1-6(2-9)3-10-4-7(11)8(12)5-10/h6-8,11-12H,2-5,9H2,1H3. The number of aliphatic hydroxyl groups is 2. The molecule has 0 saturated carbocycles. The molecule has 72 valence electrons. The molecule has 12 heavy (non-hydrogen) atoms. The lowest BCUT2D eigenvalue weighted by atomic mass is 10.2. The van der Waals surface area contributed by atoms with Crippen molar-refractivity contribution in [1.29, 1.82) is 0 Å². The van der Waals surface area contributed by atoms with Crippen LogP contribution in [-0.2, 0) is 0 Å². The van der Waals surface area contributed by atoms with Gasteiger partial charge in [-0.05, 0) is 12.5 Å². The first-order valence-electron chi connectivity index (χ1n) is 4.42. The topological polar surface area (TPSA) is 69.7 Å². The van der Waals surface area contributed by atoms with E-state index in [1.165, 1.54) is 0 Å². The molecular weight excluding hydrogens is 156 g/mol. The zero-order valence-corrected chi connectivity index (χ0v) is 7.48. The molecule has 0 aromatic heterocycles. The van der Waals surface area contributed by atoms with Crippen molar-refractivity contribution in [3.63, 3.8) is 0 Å². The Balaban J connectivity index is 2.27. The Morgan fingerprint density at radius 1 is 1.42 bits per heavy atom. The Labute approximate surface area is 73.0 Å². The summed E-state index contributed by atoms with van der Waals surface area (Å²) in [6.45, 7) is 4.74. The van der Waals surface area contributed by atoms with E-state index >= 15 is 0 Å². The van der Waals surface area contributed by atoms with E-state index in [2.05, 4.69) is 6.92 Å². The molecule has 4 heteroatoms. The van der Waals surface area contributed by atoms with Gasteiger partial charge in [-0.15, -0.1) is 0 Å². The van der Waals surface area contributed by atoms with E-state index in [1.807, 2.05) is 4.90 Å². The number of hydrogen-bond donors (Lipinski definition) is 3. The van der Waals surface area contributed by atoms with Crippen LogP contribution in [0.25, 0.3) is 0 Å². The number of β-amino-alcohol motifs (C(OH)–C–C–N with tert-alkyl or cyclic N) is 2. The van der Waals surface area contributed by atoms with Gasteiger partial charge in [0.2, 0.25) is 0 Å². The zero-order chi connectivity index (χ0) is 9.14. The normalized spacial score (nSPS) is 34.0. The van der Waals surface area contributed by atoms with E-state index in [1.54, 1.807) is 0 Å². The van der Waals surface area contributed by atoms with Gasteiger partial charge in [0.25, 0.3) is 0 Å². The van der Waals surface area contributed by atoms with E-state index in [4.69, 9.17) is 5.73 Å². The first-order valence-corrected chi connectivity index (χ1v) is 4.42. The van der Waals surface area contributed by atoms with Gasteiger partial charge in [-0.2, -0.15) is 0 Å². The van der Waals surface area contributed by atoms with Crippen molar-refractivity contribution in [1.82, 2.24) is 4.90 Å². The summed E-state index contributed by atoms with van der Waals surface area (Å²) in [5.74, 6) is 0.433. The van der Waals surface area contributed by atoms with Crippen molar-refractivity contribution in [2.45, 2.75) is 19.1 Å². The number of nitrogens with two attached hydrogens (primary N) is 1. The van der Waals surface area contributed by atoms with E-state index in [0.29, 0.717) is 25.6 Å². The van der Waals surface area contributed by atoms with Crippen LogP contribution in [0.5, 0.6) is 0 Å². The van der Waals surface area contributed by atoms with Crippen LogP contribution in [0.2, 0.25) is 0 Å². The Hall–Kier alpha value is -0.160. The van der Waals surface area contributed by atoms with E-state index in [9.17, 15) is 10.2 Å². The fourth-order valence-electron chi connectivity index (χ4n) is 1.51. The van der Waals surface area contributed by atoms with Gasteiger partial charge in [-0.1, -0.05) is 6.92 Å². The molecule has 3 atom stereocenters. The number of rotatable bonds is 3. The highest BCUT2D eigenvalue weighted by Crippen LogP contribution is 2.11. The Morgan fingerprint density at radius 2 is 1.92 bits per heavy atom. The van der Waals surface area contributed by atoms with Gasteiger partial charge in [0, 0.05) is 19.6 Å². The molecule has 0 amide bonds. The van der Waals surface area contributed by atoms with Gasteiger partial charge >= 0.3 is 0 Å². The van der Waals surface area contributed by atoms with E-state index in [0.717, 1.165) is 6.54 Å². The lowest BCUT2D eigenvalue weighted by Crippen LogP contribution is -2.30. The van der Waals surface area contributed by atoms with Gasteiger partial charge in [-0.3, -0.25) is 4.90 Å². The Bertz CT molecular complexity index is 133. The number of hydrogen-bond acceptors (Lipinski definition) is 4. The largest absolute Gasteiger partial charge is 0.389 e. The van der Waals surface area contributed by atoms with Gasteiger partial charge < -0.3 is 15.9 Å². The highest BCUT2D eigenvalue weighted by Gasteiger charge is 2.29. The maximum Gasteiger partial charge on any atom is 0.0938 e. The SMILES string of the molecule is CC(CN)CN1CC(O)C(O)C1. The minimum absolute atomic E-state index is 0.433. The third-order valence-electron chi connectivity index (χ3n) is 2.31. The molecule has 0 aromatic carbocycles. The van der Waals surface area contributed by atoms with Crippen molar-refractivity contribution >= 4 is 0 Å². The molecule has 1 aliphatic heterocycles. The fourth-order valence-corrected chi connectivity index (χ4v) is 1.51. The maximum absolute atomic E-state index is 9.23. The highest BCUT2D eigenvalue weighted by molar-refractivity contribution is 4.83. The smallest absolute Gasteiger partial charge is 0.0938 e. The summed E-state index contributed by atoms with van der Waals surface area (Å²) >= 11 is 0. The van der Waals surface area contributed by atoms with Crippen molar-refractivity contribution in [3.8, 4) is 0 Å². The van der Waals surface area contributed by atoms with Crippen molar-refractivity contribution in [2.24, 2.45) is 11.7 Å². The molecule has 1 aliphatic rings. The van der Waals surface area contributed by atoms with Crippen LogP contribution in [0, 0.1) is 5.92 Å². The summed E-state index contributed by atoms with van der Waals surface area (Å²) in [6.07, 6.45) is -1.15. The molecule has 0 radical (unpaired) electrons. The van der Waals surface area contributed by atoms with Crippen molar-refractivity contribution in [2.75, 3.05) is 26.2 Å². The molecule has 0 spiro atoms. The third-order valence-corrected chi connectivity index (χ3v) is 2.31. The van der Waals surface area contributed by atoms with Gasteiger partial charge in [0.1, 0.15) is 0 Å². The Kier molecular flexibility index (Phi) is 3.46. The fraction of sp³-hybridized carbons (Fsp3) is 1.00. The second-order valence-corrected chi connectivity index (χ2v) is 3.69. The summed E-state index contributed by atoms with van der Waals surface area (Å²) in [6, 6.07) is 0. The van der Waals surface area contributed by atoms with Crippen LogP contribution >= 0.6 is 0 Å². The number of likely N-dealkylation sites (tertiary alicyclic amines) is 1. The van der Waals surface area contributed by atoms with Crippen LogP contribution in [-0.4, -0.2) is 53.5 Å². The number of aliphatic hydroxyl groups excluding tert-OH is 2. The first kappa shape index (κ1) is 9.92. The van der Waals surface area contributed by atoms with E-state index in [-0.39, 0.29) is 0 Å². The van der Waals surface area contributed by atoms with Crippen LogP contribution in [0.15, 0.2) is 0 Å². The quantitative estimate of drug-likeness (QED) is 0.493. The van der Waals surface area contributed by atoms with Crippen LogP contribution in [0.4, 0.5) is 0 Å². The molecule has 0 bridgehead atoms. The average Bonchev–Trinajstić information content (AvgIpc) is 2.31. The molecule has 1 heterocycles. The maximum atomic E-state index is 9.23. The van der Waals surface area contributed by atoms with Gasteiger partial charge in [-0.25, -0.2) is 0 Å². The molecule has 4 N–H and O–H groups in total. The van der Waals surface area contributed by atoms with Crippen molar-refractivity contribution in [3.05, 3.63) is 0 Å². The molecule has 0 aliphatic carbocycles. The second-order valence-electron chi connectivity index (χ2n) is 3.69. The van der Waals surface area contributed by atoms with E-state index < -0.39 is 12.2 Å². The minimum atomic E-state index is -0.574. The molecule has 1 saturated heterocycles. The number of nitrogens with zero attached hydrogens (tertiary/aromatic N) is 1. The molecular formula is C8H18N2O2. The summed E-state index contributed by atoms with van der Waals surface area (Å²) in [5, 5.41) is 18.5. The summed E-state index contributed by atoms with van der Waals surface area (Å²) in [5.41, 5.74) is 5.47. The molecule has 0 aromatic rings. The first-order chi connectivity index (χ1) is 5.63. The molecule has 1 fully saturated rings. The zero-order valence-electron chi connectivity index (χ0n) is 7.48. The monoisotopic (exact) mass is 174 g/mol. The molecule has 4 nitrogen and oxygen atoms in total. The van der Waals surface area contributed by atoms with Crippen LogP contribution in [0.3, 0.4) is 0 Å². The third kappa shape index (κ3) is 2.42. The average molecular weight is 174 g/mol. The minimum Gasteiger partial charge on any atom is -0.389 e.